The third kappa shape index (κ3) is 3.68. The minimum atomic E-state index is 0.00633. The number of nitrogens with zero attached hydrogens (tertiary/aromatic N) is 2. The van der Waals surface area contributed by atoms with E-state index in [2.05, 4.69) is 10.3 Å². The van der Waals surface area contributed by atoms with Crippen LogP contribution in [0.3, 0.4) is 0 Å². The van der Waals surface area contributed by atoms with Crippen LogP contribution < -0.4 is 5.32 Å². The Morgan fingerprint density at radius 1 is 1.37 bits per heavy atom. The van der Waals surface area contributed by atoms with Crippen molar-refractivity contribution in [3.05, 3.63) is 53.6 Å². The van der Waals surface area contributed by atoms with Gasteiger partial charge in [-0.1, -0.05) is 17.7 Å². The summed E-state index contributed by atoms with van der Waals surface area (Å²) in [6.45, 7) is 5.49. The first kappa shape index (κ1) is 13.3. The Morgan fingerprint density at radius 2 is 2.21 bits per heavy atom. The lowest BCUT2D eigenvalue weighted by Crippen LogP contribution is -2.26. The first-order valence-corrected chi connectivity index (χ1v) is 6.48. The molecule has 0 spiro atoms. The molecule has 0 saturated heterocycles. The van der Waals surface area contributed by atoms with Gasteiger partial charge in [0.15, 0.2) is 0 Å². The van der Waals surface area contributed by atoms with Gasteiger partial charge in [0.2, 0.25) is 0 Å². The summed E-state index contributed by atoms with van der Waals surface area (Å²) in [5.41, 5.74) is 2.88. The molecule has 0 atom stereocenters. The summed E-state index contributed by atoms with van der Waals surface area (Å²) in [4.78, 5) is 16.0. The van der Waals surface area contributed by atoms with Crippen LogP contribution in [0.5, 0.6) is 0 Å². The minimum absolute atomic E-state index is 0.00633. The van der Waals surface area contributed by atoms with Crippen LogP contribution in [0.4, 0.5) is 0 Å². The highest BCUT2D eigenvalue weighted by Crippen LogP contribution is 2.10. The van der Waals surface area contributed by atoms with Crippen LogP contribution in [0, 0.1) is 13.8 Å². The smallest absolute Gasteiger partial charge is 0.251 e. The molecule has 1 aromatic heterocycles. The number of imidazole rings is 1. The van der Waals surface area contributed by atoms with Crippen LogP contribution >= 0.6 is 0 Å². The number of hydrogen-bond donors (Lipinski definition) is 1. The van der Waals surface area contributed by atoms with E-state index in [1.165, 1.54) is 0 Å². The number of amides is 1. The van der Waals surface area contributed by atoms with E-state index >= 15 is 0 Å². The molecule has 100 valence electrons. The maximum Gasteiger partial charge on any atom is 0.251 e. The minimum Gasteiger partial charge on any atom is -0.352 e. The molecule has 0 fully saturated rings. The molecule has 2 rings (SSSR count). The Morgan fingerprint density at radius 3 is 2.95 bits per heavy atom. The third-order valence-electron chi connectivity index (χ3n) is 3.08. The molecule has 0 saturated carbocycles. The van der Waals surface area contributed by atoms with E-state index in [-0.39, 0.29) is 5.91 Å². The molecule has 1 heterocycles. The molecule has 0 unspecified atom stereocenters. The van der Waals surface area contributed by atoms with Gasteiger partial charge < -0.3 is 9.88 Å². The Balaban J connectivity index is 1.82. The highest BCUT2D eigenvalue weighted by molar-refractivity contribution is 5.95. The van der Waals surface area contributed by atoms with Crippen LogP contribution in [0.15, 0.2) is 36.9 Å². The summed E-state index contributed by atoms with van der Waals surface area (Å²) in [6, 6.07) is 5.93. The lowest BCUT2D eigenvalue weighted by molar-refractivity contribution is 0.0952. The van der Waals surface area contributed by atoms with Gasteiger partial charge in [0.25, 0.3) is 5.91 Å². The Hall–Kier alpha value is -2.10. The predicted molar refractivity (Wildman–Crippen MR) is 75.1 cm³/mol. The fourth-order valence-electron chi connectivity index (χ4n) is 1.96. The molecule has 1 N–H and O–H groups in total. The number of rotatable bonds is 5. The number of aryl methyl sites for hydroxylation is 3. The fourth-order valence-corrected chi connectivity index (χ4v) is 1.96. The quantitative estimate of drug-likeness (QED) is 0.836. The fraction of sp³-hybridized carbons (Fsp3) is 0.333. The van der Waals surface area contributed by atoms with Crippen molar-refractivity contribution in [2.45, 2.75) is 26.8 Å². The summed E-state index contributed by atoms with van der Waals surface area (Å²) >= 11 is 0. The van der Waals surface area contributed by atoms with E-state index in [0.29, 0.717) is 6.54 Å². The molecule has 4 heteroatoms. The van der Waals surface area contributed by atoms with E-state index in [1.807, 2.05) is 42.8 Å². The molecule has 4 nitrogen and oxygen atoms in total. The van der Waals surface area contributed by atoms with Crippen LogP contribution in [-0.2, 0) is 6.54 Å². The summed E-state index contributed by atoms with van der Waals surface area (Å²) in [5.74, 6) is 0.00633. The second-order valence-electron chi connectivity index (χ2n) is 4.73. The van der Waals surface area contributed by atoms with Crippen molar-refractivity contribution < 1.29 is 4.79 Å². The lowest BCUT2D eigenvalue weighted by Gasteiger charge is -2.08. The summed E-state index contributed by atoms with van der Waals surface area (Å²) in [6.07, 6.45) is 6.36. The molecule has 0 aliphatic carbocycles. The van der Waals surface area contributed by atoms with Gasteiger partial charge in [0.05, 0.1) is 6.33 Å². The van der Waals surface area contributed by atoms with Gasteiger partial charge in [-0.05, 0) is 31.9 Å². The van der Waals surface area contributed by atoms with Crippen LogP contribution in [0.25, 0.3) is 0 Å². The Kier molecular flexibility index (Phi) is 4.34. The van der Waals surface area contributed by atoms with Gasteiger partial charge in [-0.2, -0.15) is 0 Å². The van der Waals surface area contributed by atoms with Crippen LogP contribution in [0.1, 0.15) is 27.9 Å². The maximum absolute atomic E-state index is 12.0. The normalized spacial score (nSPS) is 10.4. The molecule has 0 bridgehead atoms. The van der Waals surface area contributed by atoms with E-state index < -0.39 is 0 Å². The zero-order valence-corrected chi connectivity index (χ0v) is 11.4. The highest BCUT2D eigenvalue weighted by Gasteiger charge is 2.08. The van der Waals surface area contributed by atoms with Crippen LogP contribution in [0.2, 0.25) is 0 Å². The van der Waals surface area contributed by atoms with Crippen molar-refractivity contribution in [2.24, 2.45) is 0 Å². The highest BCUT2D eigenvalue weighted by atomic mass is 16.1. The molecule has 19 heavy (non-hydrogen) atoms. The maximum atomic E-state index is 12.0. The number of aromatic nitrogens is 2. The van der Waals surface area contributed by atoms with Gasteiger partial charge in [-0.25, -0.2) is 4.98 Å². The van der Waals surface area contributed by atoms with Crippen molar-refractivity contribution in [2.75, 3.05) is 6.54 Å². The average Bonchev–Trinajstić information content (AvgIpc) is 2.90. The average molecular weight is 257 g/mol. The zero-order chi connectivity index (χ0) is 13.7. The Labute approximate surface area is 113 Å². The molecular formula is C15H19N3O. The zero-order valence-electron chi connectivity index (χ0n) is 11.4. The van der Waals surface area contributed by atoms with Crippen molar-refractivity contribution in [3.8, 4) is 0 Å². The van der Waals surface area contributed by atoms with Gasteiger partial charge in [-0.3, -0.25) is 4.79 Å². The SMILES string of the molecule is Cc1ccc(C)c(C(=O)NCCCn2ccnc2)c1. The summed E-state index contributed by atoms with van der Waals surface area (Å²) in [7, 11) is 0. The number of carbonyl (C=O) groups excluding carboxylic acids is 1. The number of carbonyl (C=O) groups is 1. The topological polar surface area (TPSA) is 46.9 Å². The predicted octanol–water partition coefficient (Wildman–Crippen LogP) is 2.32. The van der Waals surface area contributed by atoms with Gasteiger partial charge in [-0.15, -0.1) is 0 Å². The van der Waals surface area contributed by atoms with E-state index in [4.69, 9.17) is 0 Å². The van der Waals surface area contributed by atoms with Crippen LogP contribution in [-0.4, -0.2) is 22.0 Å². The van der Waals surface area contributed by atoms with E-state index in [1.54, 1.807) is 12.5 Å². The van der Waals surface area contributed by atoms with Gasteiger partial charge >= 0.3 is 0 Å². The first-order chi connectivity index (χ1) is 9.16. The molecular weight excluding hydrogens is 238 g/mol. The van der Waals surface area contributed by atoms with Crippen molar-refractivity contribution in [1.82, 2.24) is 14.9 Å². The molecule has 0 aliphatic rings. The standard InChI is InChI=1S/C15H19N3O/c1-12-4-5-13(2)14(10-12)15(19)17-6-3-8-18-9-7-16-11-18/h4-5,7,9-11H,3,6,8H2,1-2H3,(H,17,19). The molecule has 0 aliphatic heterocycles. The van der Waals surface area contributed by atoms with Crippen molar-refractivity contribution in [1.29, 1.82) is 0 Å². The summed E-state index contributed by atoms with van der Waals surface area (Å²) < 4.78 is 2.00. The molecule has 1 aromatic carbocycles. The van der Waals surface area contributed by atoms with Gasteiger partial charge in [0.1, 0.15) is 0 Å². The monoisotopic (exact) mass is 257 g/mol. The molecule has 2 aromatic rings. The number of nitrogens with one attached hydrogen (secondary N) is 1. The number of benzene rings is 1. The van der Waals surface area contributed by atoms with E-state index in [0.717, 1.165) is 29.7 Å². The second-order valence-corrected chi connectivity index (χ2v) is 4.73. The second kappa shape index (κ2) is 6.18. The molecule has 0 radical (unpaired) electrons. The van der Waals surface area contributed by atoms with Crippen molar-refractivity contribution in [3.63, 3.8) is 0 Å². The van der Waals surface area contributed by atoms with E-state index in [9.17, 15) is 4.79 Å². The van der Waals surface area contributed by atoms with Crippen molar-refractivity contribution >= 4 is 5.91 Å². The third-order valence-corrected chi connectivity index (χ3v) is 3.08. The molecule has 1 amide bonds. The number of hydrogen-bond acceptors (Lipinski definition) is 2. The lowest BCUT2D eigenvalue weighted by atomic mass is 10.1. The first-order valence-electron chi connectivity index (χ1n) is 6.48. The summed E-state index contributed by atoms with van der Waals surface area (Å²) in [5, 5.41) is 2.96. The van der Waals surface area contributed by atoms with Gasteiger partial charge in [0, 0.05) is 31.0 Å². The largest absolute Gasteiger partial charge is 0.352 e. The Bertz CT molecular complexity index is 547.